The van der Waals surface area contributed by atoms with Crippen molar-refractivity contribution in [3.8, 4) is 0 Å². The van der Waals surface area contributed by atoms with Crippen molar-refractivity contribution in [3.05, 3.63) is 0 Å². The van der Waals surface area contributed by atoms with E-state index in [0.29, 0.717) is 6.61 Å². The normalized spacial score (nSPS) is 29.5. The number of unbranched alkanes of at least 4 members (excludes halogenated alkanes) is 1. The number of aliphatic hydroxyl groups is 1. The SMILES string of the molecule is CC1CCCC1NCCCCO. The molecule has 2 heteroatoms. The maximum Gasteiger partial charge on any atom is 0.0431 e. The van der Waals surface area contributed by atoms with Gasteiger partial charge < -0.3 is 10.4 Å². The molecule has 72 valence electrons. The summed E-state index contributed by atoms with van der Waals surface area (Å²) in [5.74, 6) is 0.860. The summed E-state index contributed by atoms with van der Waals surface area (Å²) in [7, 11) is 0. The van der Waals surface area contributed by atoms with Gasteiger partial charge in [0.15, 0.2) is 0 Å². The van der Waals surface area contributed by atoms with Crippen LogP contribution in [-0.4, -0.2) is 24.3 Å². The van der Waals surface area contributed by atoms with Crippen LogP contribution in [0.3, 0.4) is 0 Å². The molecule has 2 N–H and O–H groups in total. The van der Waals surface area contributed by atoms with Gasteiger partial charge in [0.05, 0.1) is 0 Å². The Morgan fingerprint density at radius 3 is 2.75 bits per heavy atom. The number of nitrogens with one attached hydrogen (secondary N) is 1. The molecule has 0 aliphatic heterocycles. The summed E-state index contributed by atoms with van der Waals surface area (Å²) in [5, 5.41) is 12.1. The number of aliphatic hydroxyl groups excluding tert-OH is 1. The highest BCUT2D eigenvalue weighted by Crippen LogP contribution is 2.24. The van der Waals surface area contributed by atoms with Gasteiger partial charge in [0.1, 0.15) is 0 Å². The molecule has 0 aromatic rings. The lowest BCUT2D eigenvalue weighted by Gasteiger charge is -2.16. The second-order valence-corrected chi connectivity index (χ2v) is 3.90. The van der Waals surface area contributed by atoms with Crippen LogP contribution in [0, 0.1) is 5.92 Å². The van der Waals surface area contributed by atoms with Crippen molar-refractivity contribution >= 4 is 0 Å². The number of rotatable bonds is 5. The molecular weight excluding hydrogens is 150 g/mol. The predicted molar refractivity (Wildman–Crippen MR) is 51.1 cm³/mol. The van der Waals surface area contributed by atoms with Gasteiger partial charge in [-0.15, -0.1) is 0 Å². The summed E-state index contributed by atoms with van der Waals surface area (Å²) in [4.78, 5) is 0. The first-order valence-electron chi connectivity index (χ1n) is 5.19. The van der Waals surface area contributed by atoms with Gasteiger partial charge in [-0.1, -0.05) is 13.3 Å². The minimum atomic E-state index is 0.335. The summed E-state index contributed by atoms with van der Waals surface area (Å²) in [6, 6.07) is 0.753. The van der Waals surface area contributed by atoms with Gasteiger partial charge in [0.2, 0.25) is 0 Å². The molecule has 0 heterocycles. The summed E-state index contributed by atoms with van der Waals surface area (Å²) < 4.78 is 0. The Labute approximate surface area is 75.4 Å². The first-order valence-corrected chi connectivity index (χ1v) is 5.19. The fourth-order valence-electron chi connectivity index (χ4n) is 1.97. The second kappa shape index (κ2) is 5.55. The van der Waals surface area contributed by atoms with E-state index in [-0.39, 0.29) is 0 Å². The number of hydrogen-bond donors (Lipinski definition) is 2. The minimum absolute atomic E-state index is 0.335. The molecular formula is C10H21NO. The van der Waals surface area contributed by atoms with Crippen LogP contribution in [0.15, 0.2) is 0 Å². The molecule has 1 saturated carbocycles. The summed E-state index contributed by atoms with van der Waals surface area (Å²) in [6.45, 7) is 3.74. The zero-order chi connectivity index (χ0) is 8.81. The molecule has 0 amide bonds. The van der Waals surface area contributed by atoms with Gasteiger partial charge >= 0.3 is 0 Å². The van der Waals surface area contributed by atoms with Crippen LogP contribution in [0.5, 0.6) is 0 Å². The largest absolute Gasteiger partial charge is 0.396 e. The van der Waals surface area contributed by atoms with Crippen molar-refractivity contribution < 1.29 is 5.11 Å². The summed E-state index contributed by atoms with van der Waals surface area (Å²) >= 11 is 0. The van der Waals surface area contributed by atoms with Gasteiger partial charge in [-0.25, -0.2) is 0 Å². The highest BCUT2D eigenvalue weighted by Gasteiger charge is 2.21. The molecule has 0 spiro atoms. The zero-order valence-electron chi connectivity index (χ0n) is 8.05. The standard InChI is InChI=1S/C10H21NO/c1-9-5-4-6-10(9)11-7-2-3-8-12/h9-12H,2-8H2,1H3. The average molecular weight is 171 g/mol. The smallest absolute Gasteiger partial charge is 0.0431 e. The van der Waals surface area contributed by atoms with E-state index >= 15 is 0 Å². The Hall–Kier alpha value is -0.0800. The van der Waals surface area contributed by atoms with Crippen molar-refractivity contribution in [2.45, 2.75) is 45.1 Å². The molecule has 2 nitrogen and oxygen atoms in total. The maximum atomic E-state index is 8.58. The van der Waals surface area contributed by atoms with Crippen LogP contribution in [0.4, 0.5) is 0 Å². The highest BCUT2D eigenvalue weighted by atomic mass is 16.2. The maximum absolute atomic E-state index is 8.58. The first-order chi connectivity index (χ1) is 5.84. The molecule has 0 aromatic heterocycles. The Kier molecular flexibility index (Phi) is 4.62. The van der Waals surface area contributed by atoms with Gasteiger partial charge in [-0.2, -0.15) is 0 Å². The summed E-state index contributed by atoms with van der Waals surface area (Å²) in [6.07, 6.45) is 6.17. The number of hydrogen-bond acceptors (Lipinski definition) is 2. The van der Waals surface area contributed by atoms with Crippen LogP contribution >= 0.6 is 0 Å². The lowest BCUT2D eigenvalue weighted by atomic mass is 10.1. The lowest BCUT2D eigenvalue weighted by molar-refractivity contribution is 0.281. The molecule has 0 aromatic carbocycles. The van der Waals surface area contributed by atoms with E-state index in [2.05, 4.69) is 12.2 Å². The third-order valence-electron chi connectivity index (χ3n) is 2.85. The molecule has 0 saturated heterocycles. The lowest BCUT2D eigenvalue weighted by Crippen LogP contribution is -2.31. The van der Waals surface area contributed by atoms with Gasteiger partial charge in [0, 0.05) is 12.6 Å². The Morgan fingerprint density at radius 2 is 2.17 bits per heavy atom. The molecule has 0 radical (unpaired) electrons. The van der Waals surface area contributed by atoms with Crippen molar-refractivity contribution in [1.29, 1.82) is 0 Å². The quantitative estimate of drug-likeness (QED) is 0.615. The van der Waals surface area contributed by atoms with E-state index in [0.717, 1.165) is 31.3 Å². The van der Waals surface area contributed by atoms with Crippen molar-refractivity contribution in [3.63, 3.8) is 0 Å². The molecule has 1 fully saturated rings. The minimum Gasteiger partial charge on any atom is -0.396 e. The Bertz CT molecular complexity index is 116. The fraction of sp³-hybridized carbons (Fsp3) is 1.00. The third kappa shape index (κ3) is 3.11. The van der Waals surface area contributed by atoms with Crippen LogP contribution < -0.4 is 5.32 Å². The van der Waals surface area contributed by atoms with Crippen LogP contribution in [0.25, 0.3) is 0 Å². The Balaban J connectivity index is 1.98. The van der Waals surface area contributed by atoms with E-state index in [1.807, 2.05) is 0 Å². The zero-order valence-corrected chi connectivity index (χ0v) is 8.05. The van der Waals surface area contributed by atoms with E-state index in [9.17, 15) is 0 Å². The predicted octanol–water partition coefficient (Wildman–Crippen LogP) is 1.54. The topological polar surface area (TPSA) is 32.3 Å². The highest BCUT2D eigenvalue weighted by molar-refractivity contribution is 4.79. The molecule has 2 atom stereocenters. The summed E-state index contributed by atoms with van der Waals surface area (Å²) in [5.41, 5.74) is 0. The van der Waals surface area contributed by atoms with Gasteiger partial charge in [0.25, 0.3) is 0 Å². The van der Waals surface area contributed by atoms with E-state index < -0.39 is 0 Å². The van der Waals surface area contributed by atoms with E-state index in [1.54, 1.807) is 0 Å². The van der Waals surface area contributed by atoms with Gasteiger partial charge in [-0.3, -0.25) is 0 Å². The van der Waals surface area contributed by atoms with Crippen LogP contribution in [-0.2, 0) is 0 Å². The average Bonchev–Trinajstić information content (AvgIpc) is 2.46. The van der Waals surface area contributed by atoms with E-state index in [4.69, 9.17) is 5.11 Å². The van der Waals surface area contributed by atoms with Crippen LogP contribution in [0.2, 0.25) is 0 Å². The van der Waals surface area contributed by atoms with Gasteiger partial charge in [-0.05, 0) is 38.1 Å². The molecule has 1 rings (SSSR count). The molecule has 1 aliphatic rings. The fourth-order valence-corrected chi connectivity index (χ4v) is 1.97. The Morgan fingerprint density at radius 1 is 1.33 bits per heavy atom. The molecule has 2 unspecified atom stereocenters. The molecule has 1 aliphatic carbocycles. The van der Waals surface area contributed by atoms with Crippen LogP contribution in [0.1, 0.15) is 39.0 Å². The molecule has 0 bridgehead atoms. The van der Waals surface area contributed by atoms with Crippen molar-refractivity contribution in [2.75, 3.05) is 13.2 Å². The molecule has 12 heavy (non-hydrogen) atoms. The monoisotopic (exact) mass is 171 g/mol. The first kappa shape index (κ1) is 10.0. The van der Waals surface area contributed by atoms with Crippen molar-refractivity contribution in [2.24, 2.45) is 5.92 Å². The van der Waals surface area contributed by atoms with E-state index in [1.165, 1.54) is 19.3 Å². The van der Waals surface area contributed by atoms with Crippen molar-refractivity contribution in [1.82, 2.24) is 5.32 Å². The second-order valence-electron chi connectivity index (χ2n) is 3.90. The third-order valence-corrected chi connectivity index (χ3v) is 2.85.